The van der Waals surface area contributed by atoms with E-state index in [9.17, 15) is 4.79 Å². The molecule has 1 aliphatic rings. The van der Waals surface area contributed by atoms with Crippen molar-refractivity contribution in [3.63, 3.8) is 0 Å². The topological polar surface area (TPSA) is 62.6 Å². The molecule has 0 bridgehead atoms. The molecule has 0 spiro atoms. The third kappa shape index (κ3) is 5.36. The predicted octanol–water partition coefficient (Wildman–Crippen LogP) is 6.03. The van der Waals surface area contributed by atoms with E-state index in [1.165, 1.54) is 12.0 Å². The molecule has 1 saturated heterocycles. The zero-order valence-corrected chi connectivity index (χ0v) is 19.6. The molecule has 5 rings (SSSR count). The first-order chi connectivity index (χ1) is 17.2. The van der Waals surface area contributed by atoms with Crippen molar-refractivity contribution in [3.05, 3.63) is 90.0 Å². The van der Waals surface area contributed by atoms with Crippen LogP contribution >= 0.6 is 0 Å². The van der Waals surface area contributed by atoms with Gasteiger partial charge in [0.25, 0.3) is 5.91 Å². The van der Waals surface area contributed by atoms with E-state index in [-0.39, 0.29) is 12.5 Å². The van der Waals surface area contributed by atoms with Gasteiger partial charge in [-0.3, -0.25) is 4.79 Å². The molecule has 6 nitrogen and oxygen atoms in total. The van der Waals surface area contributed by atoms with Crippen molar-refractivity contribution < 1.29 is 9.53 Å². The van der Waals surface area contributed by atoms with Gasteiger partial charge in [0.1, 0.15) is 5.75 Å². The van der Waals surface area contributed by atoms with Crippen molar-refractivity contribution in [2.45, 2.75) is 25.7 Å². The first kappa shape index (κ1) is 22.7. The fraction of sp³-hybridized carbons (Fsp3) is 0.276. The van der Waals surface area contributed by atoms with Crippen molar-refractivity contribution in [2.24, 2.45) is 5.92 Å². The normalized spacial score (nSPS) is 14.1. The maximum atomic E-state index is 12.9. The van der Waals surface area contributed by atoms with Crippen LogP contribution in [0, 0.1) is 12.5 Å². The highest BCUT2D eigenvalue weighted by Crippen LogP contribution is 2.35. The molecule has 1 aliphatic heterocycles. The standard InChI is InChI=1S/C29H28N4O2/c1-30-24-10-12-28(25(18-24)23-9-11-26-27(17-23)32-20-31-26)35-19-29(34)33-15-13-22(14-16-33)8-7-21-5-3-2-4-6-21/h2-6,9-12,17-18,20,22H,7-8,13-16,19H2,(H,31,32). The number of carbonyl (C=O) groups is 1. The molecule has 176 valence electrons. The lowest BCUT2D eigenvalue weighted by Crippen LogP contribution is -2.41. The molecule has 0 aliphatic carbocycles. The summed E-state index contributed by atoms with van der Waals surface area (Å²) in [4.78, 5) is 25.8. The zero-order valence-electron chi connectivity index (χ0n) is 19.6. The Hall–Kier alpha value is -4.11. The summed E-state index contributed by atoms with van der Waals surface area (Å²) >= 11 is 0. The minimum absolute atomic E-state index is 0.00858. The van der Waals surface area contributed by atoms with E-state index < -0.39 is 0 Å². The number of hydrogen-bond acceptors (Lipinski definition) is 3. The molecule has 3 aromatic carbocycles. The lowest BCUT2D eigenvalue weighted by atomic mass is 9.90. The van der Waals surface area contributed by atoms with Gasteiger partial charge < -0.3 is 14.6 Å². The summed E-state index contributed by atoms with van der Waals surface area (Å²) < 4.78 is 6.01. The number of imidazole rings is 1. The van der Waals surface area contributed by atoms with Crippen LogP contribution in [0.1, 0.15) is 24.8 Å². The van der Waals surface area contributed by atoms with Crippen LogP contribution in [-0.4, -0.2) is 40.5 Å². The monoisotopic (exact) mass is 464 g/mol. The SMILES string of the molecule is [C-]#[N+]c1ccc(OCC(=O)N2CCC(CCc3ccccc3)CC2)c(-c2ccc3nc[nH]c3c2)c1. The van der Waals surface area contributed by atoms with E-state index in [2.05, 4.69) is 45.1 Å². The smallest absolute Gasteiger partial charge is 0.260 e. The number of hydrogen-bond donors (Lipinski definition) is 1. The number of piperidine rings is 1. The van der Waals surface area contributed by atoms with Crippen LogP contribution in [0.2, 0.25) is 0 Å². The Kier molecular flexibility index (Phi) is 6.76. The number of likely N-dealkylation sites (tertiary alicyclic amines) is 1. The van der Waals surface area contributed by atoms with Crippen LogP contribution in [0.5, 0.6) is 5.75 Å². The van der Waals surface area contributed by atoms with Gasteiger partial charge in [-0.25, -0.2) is 9.83 Å². The van der Waals surface area contributed by atoms with Crippen molar-refractivity contribution in [3.8, 4) is 16.9 Å². The molecule has 4 aromatic rings. The second-order valence-corrected chi connectivity index (χ2v) is 9.06. The average Bonchev–Trinajstić information content (AvgIpc) is 3.39. The molecule has 0 unspecified atom stereocenters. The molecule has 0 saturated carbocycles. The minimum Gasteiger partial charge on any atom is -0.483 e. The molecule has 1 N–H and O–H groups in total. The summed E-state index contributed by atoms with van der Waals surface area (Å²) in [5, 5.41) is 0. The number of aromatic nitrogens is 2. The Morgan fingerprint density at radius 2 is 1.91 bits per heavy atom. The number of benzene rings is 3. The maximum absolute atomic E-state index is 12.9. The van der Waals surface area contributed by atoms with E-state index >= 15 is 0 Å². The first-order valence-electron chi connectivity index (χ1n) is 12.1. The summed E-state index contributed by atoms with van der Waals surface area (Å²) in [6.07, 6.45) is 5.99. The number of aromatic amines is 1. The summed E-state index contributed by atoms with van der Waals surface area (Å²) in [7, 11) is 0. The van der Waals surface area contributed by atoms with E-state index in [0.717, 1.165) is 54.5 Å². The molecular weight excluding hydrogens is 436 g/mol. The maximum Gasteiger partial charge on any atom is 0.260 e. The summed E-state index contributed by atoms with van der Waals surface area (Å²) in [6, 6.07) is 21.8. The number of nitrogens with zero attached hydrogens (tertiary/aromatic N) is 3. The number of H-pyrrole nitrogens is 1. The minimum atomic E-state index is -0.00858. The Labute approximate surface area is 205 Å². The van der Waals surface area contributed by atoms with Gasteiger partial charge >= 0.3 is 0 Å². The quantitative estimate of drug-likeness (QED) is 0.340. The lowest BCUT2D eigenvalue weighted by molar-refractivity contribution is -0.134. The summed E-state index contributed by atoms with van der Waals surface area (Å²) in [5.74, 6) is 1.27. The summed E-state index contributed by atoms with van der Waals surface area (Å²) in [6.45, 7) is 8.94. The van der Waals surface area contributed by atoms with Crippen molar-refractivity contribution in [1.82, 2.24) is 14.9 Å². The molecule has 0 atom stereocenters. The number of rotatable bonds is 7. The average molecular weight is 465 g/mol. The van der Waals surface area contributed by atoms with Crippen LogP contribution in [0.25, 0.3) is 27.0 Å². The van der Waals surface area contributed by atoms with Gasteiger partial charge in [0.05, 0.1) is 23.9 Å². The van der Waals surface area contributed by atoms with Crippen molar-refractivity contribution >= 4 is 22.6 Å². The van der Waals surface area contributed by atoms with Gasteiger partial charge in [-0.2, -0.15) is 0 Å². The van der Waals surface area contributed by atoms with E-state index in [1.54, 1.807) is 18.5 Å². The molecular formula is C29H28N4O2. The van der Waals surface area contributed by atoms with Crippen LogP contribution in [0.3, 0.4) is 0 Å². The highest BCUT2D eigenvalue weighted by molar-refractivity contribution is 5.85. The number of aryl methyl sites for hydroxylation is 1. The molecule has 1 aromatic heterocycles. The second kappa shape index (κ2) is 10.4. The molecule has 1 fully saturated rings. The van der Waals surface area contributed by atoms with Crippen LogP contribution in [-0.2, 0) is 11.2 Å². The van der Waals surface area contributed by atoms with Crippen LogP contribution in [0.4, 0.5) is 5.69 Å². The molecule has 6 heteroatoms. The second-order valence-electron chi connectivity index (χ2n) is 9.06. The zero-order chi connectivity index (χ0) is 24.0. The van der Waals surface area contributed by atoms with Gasteiger partial charge in [-0.15, -0.1) is 0 Å². The number of fused-ring (bicyclic) bond motifs is 1. The highest BCUT2D eigenvalue weighted by Gasteiger charge is 2.23. The Balaban J connectivity index is 1.19. The predicted molar refractivity (Wildman–Crippen MR) is 137 cm³/mol. The lowest BCUT2D eigenvalue weighted by Gasteiger charge is -2.32. The summed E-state index contributed by atoms with van der Waals surface area (Å²) in [5.41, 5.74) is 5.40. The Bertz CT molecular complexity index is 1350. The van der Waals surface area contributed by atoms with Gasteiger partial charge in [-0.05, 0) is 67.0 Å². The van der Waals surface area contributed by atoms with E-state index in [0.29, 0.717) is 17.4 Å². The largest absolute Gasteiger partial charge is 0.483 e. The van der Waals surface area contributed by atoms with Crippen LogP contribution in [0.15, 0.2) is 73.1 Å². The number of nitrogens with one attached hydrogen (secondary N) is 1. The third-order valence-electron chi connectivity index (χ3n) is 6.83. The van der Waals surface area contributed by atoms with Crippen molar-refractivity contribution in [1.29, 1.82) is 0 Å². The molecule has 35 heavy (non-hydrogen) atoms. The van der Waals surface area contributed by atoms with Gasteiger partial charge in [0.15, 0.2) is 12.3 Å². The van der Waals surface area contributed by atoms with Crippen LogP contribution < -0.4 is 4.74 Å². The van der Waals surface area contributed by atoms with Gasteiger partial charge in [-0.1, -0.05) is 42.5 Å². The first-order valence-corrected chi connectivity index (χ1v) is 12.1. The molecule has 2 heterocycles. The van der Waals surface area contributed by atoms with E-state index in [4.69, 9.17) is 11.3 Å². The number of carbonyl (C=O) groups excluding carboxylic acids is 1. The Morgan fingerprint density at radius 3 is 2.71 bits per heavy atom. The fourth-order valence-corrected chi connectivity index (χ4v) is 4.76. The van der Waals surface area contributed by atoms with Gasteiger partial charge in [0, 0.05) is 18.7 Å². The number of amides is 1. The third-order valence-corrected chi connectivity index (χ3v) is 6.83. The van der Waals surface area contributed by atoms with Gasteiger partial charge in [0.2, 0.25) is 0 Å². The molecule has 1 amide bonds. The van der Waals surface area contributed by atoms with E-state index in [1.807, 2.05) is 29.2 Å². The highest BCUT2D eigenvalue weighted by atomic mass is 16.5. The number of ether oxygens (including phenoxy) is 1. The Morgan fingerprint density at radius 1 is 1.09 bits per heavy atom. The van der Waals surface area contributed by atoms with Crippen molar-refractivity contribution in [2.75, 3.05) is 19.7 Å². The fourth-order valence-electron chi connectivity index (χ4n) is 4.76. The molecule has 0 radical (unpaired) electrons.